The van der Waals surface area contributed by atoms with Gasteiger partial charge in [0.1, 0.15) is 4.21 Å². The minimum atomic E-state index is -3.59. The molecule has 8 heteroatoms. The molecule has 0 aliphatic carbocycles. The Bertz CT molecular complexity index is 557. The molecule has 0 aromatic carbocycles. The molecular formula is C10H12N2O4S2. The molecule has 0 bridgehead atoms. The molecule has 98 valence electrons. The number of carbonyl (C=O) groups is 1. The second kappa shape index (κ2) is 6.49. The smallest absolute Gasteiger partial charge is 0.308 e. The Balaban J connectivity index is 2.65. The number of hydrogen-bond acceptors (Lipinski definition) is 5. The SMILES string of the molecule is N#CCCCNS(=O)(=O)c1ccc(CC(=O)O)s1. The Morgan fingerprint density at radius 3 is 2.83 bits per heavy atom. The summed E-state index contributed by atoms with van der Waals surface area (Å²) in [5.74, 6) is -0.997. The van der Waals surface area contributed by atoms with E-state index in [1.165, 1.54) is 12.1 Å². The number of hydrogen-bond donors (Lipinski definition) is 2. The van der Waals surface area contributed by atoms with Crippen molar-refractivity contribution < 1.29 is 18.3 Å². The summed E-state index contributed by atoms with van der Waals surface area (Å²) >= 11 is 0.936. The zero-order chi connectivity index (χ0) is 13.6. The summed E-state index contributed by atoms with van der Waals surface area (Å²) in [7, 11) is -3.59. The molecule has 0 fully saturated rings. The molecule has 6 nitrogen and oxygen atoms in total. The van der Waals surface area contributed by atoms with Crippen molar-refractivity contribution >= 4 is 27.3 Å². The molecule has 0 aliphatic heterocycles. The second-order valence-electron chi connectivity index (χ2n) is 3.45. The van der Waals surface area contributed by atoms with E-state index in [2.05, 4.69) is 4.72 Å². The van der Waals surface area contributed by atoms with Gasteiger partial charge in [-0.25, -0.2) is 13.1 Å². The van der Waals surface area contributed by atoms with Gasteiger partial charge < -0.3 is 5.11 Å². The fourth-order valence-electron chi connectivity index (χ4n) is 1.19. The van der Waals surface area contributed by atoms with Crippen molar-refractivity contribution in [3.05, 3.63) is 17.0 Å². The number of nitrogens with zero attached hydrogens (tertiary/aromatic N) is 1. The van der Waals surface area contributed by atoms with Gasteiger partial charge in [-0.05, 0) is 18.6 Å². The summed E-state index contributed by atoms with van der Waals surface area (Å²) in [6, 6.07) is 4.80. The third-order valence-corrected chi connectivity index (χ3v) is 5.02. The molecule has 1 aromatic heterocycles. The summed E-state index contributed by atoms with van der Waals surface area (Å²) in [5.41, 5.74) is 0. The molecule has 0 unspecified atom stereocenters. The fraction of sp³-hybridized carbons (Fsp3) is 0.400. The van der Waals surface area contributed by atoms with E-state index in [1.54, 1.807) is 0 Å². The minimum absolute atomic E-state index is 0.0932. The number of carboxylic acid groups (broad SMARTS) is 1. The van der Waals surface area contributed by atoms with Crippen molar-refractivity contribution in [2.45, 2.75) is 23.5 Å². The quantitative estimate of drug-likeness (QED) is 0.726. The van der Waals surface area contributed by atoms with Crippen LogP contribution in [-0.2, 0) is 21.2 Å². The molecule has 0 amide bonds. The van der Waals surface area contributed by atoms with Crippen LogP contribution in [0.5, 0.6) is 0 Å². The first-order valence-corrected chi connectivity index (χ1v) is 7.43. The first-order chi connectivity index (χ1) is 8.45. The van der Waals surface area contributed by atoms with Crippen LogP contribution in [0.4, 0.5) is 0 Å². The van der Waals surface area contributed by atoms with E-state index in [0.29, 0.717) is 11.3 Å². The Labute approximate surface area is 109 Å². The molecule has 0 saturated carbocycles. The Hall–Kier alpha value is -1.43. The number of sulfonamides is 1. The number of carboxylic acids is 1. The predicted molar refractivity (Wildman–Crippen MR) is 65.7 cm³/mol. The average molecular weight is 288 g/mol. The molecule has 0 aliphatic rings. The normalized spacial score (nSPS) is 11.1. The summed E-state index contributed by atoms with van der Waals surface area (Å²) in [5, 5.41) is 16.9. The average Bonchev–Trinajstić information content (AvgIpc) is 2.73. The molecular weight excluding hydrogens is 276 g/mol. The first-order valence-electron chi connectivity index (χ1n) is 5.13. The second-order valence-corrected chi connectivity index (χ2v) is 6.61. The van der Waals surface area contributed by atoms with Gasteiger partial charge in [0.2, 0.25) is 10.0 Å². The van der Waals surface area contributed by atoms with Gasteiger partial charge in [-0.1, -0.05) is 0 Å². The summed E-state index contributed by atoms with van der Waals surface area (Å²) in [6.07, 6.45) is 0.551. The number of unbranched alkanes of at least 4 members (excludes halogenated alkanes) is 1. The topological polar surface area (TPSA) is 107 Å². The van der Waals surface area contributed by atoms with E-state index in [-0.39, 0.29) is 23.6 Å². The van der Waals surface area contributed by atoms with E-state index >= 15 is 0 Å². The van der Waals surface area contributed by atoms with Crippen molar-refractivity contribution in [2.24, 2.45) is 0 Å². The number of nitriles is 1. The number of nitrogens with one attached hydrogen (secondary N) is 1. The molecule has 1 rings (SSSR count). The maximum Gasteiger partial charge on any atom is 0.308 e. The van der Waals surface area contributed by atoms with Crippen molar-refractivity contribution in [1.29, 1.82) is 5.26 Å². The van der Waals surface area contributed by atoms with Crippen LogP contribution in [0.15, 0.2) is 16.3 Å². The van der Waals surface area contributed by atoms with Crippen LogP contribution in [-0.4, -0.2) is 26.0 Å². The maximum atomic E-state index is 11.8. The standard InChI is InChI=1S/C10H12N2O4S2/c11-5-1-2-6-12-18(15,16)10-4-3-8(17-10)7-9(13)14/h3-4,12H,1-2,6-7H2,(H,13,14). The van der Waals surface area contributed by atoms with E-state index in [0.717, 1.165) is 11.3 Å². The maximum absolute atomic E-state index is 11.8. The number of aliphatic carboxylic acids is 1. The van der Waals surface area contributed by atoms with Crippen LogP contribution in [0.25, 0.3) is 0 Å². The van der Waals surface area contributed by atoms with E-state index in [4.69, 9.17) is 10.4 Å². The van der Waals surface area contributed by atoms with Gasteiger partial charge >= 0.3 is 5.97 Å². The molecule has 0 spiro atoms. The van der Waals surface area contributed by atoms with Crippen LogP contribution < -0.4 is 4.72 Å². The first kappa shape index (κ1) is 14.6. The van der Waals surface area contributed by atoms with E-state index in [1.807, 2.05) is 6.07 Å². The molecule has 1 aromatic rings. The van der Waals surface area contributed by atoms with E-state index in [9.17, 15) is 13.2 Å². The lowest BCUT2D eigenvalue weighted by atomic mass is 10.3. The lowest BCUT2D eigenvalue weighted by Crippen LogP contribution is -2.23. The third kappa shape index (κ3) is 4.44. The molecule has 0 radical (unpaired) electrons. The minimum Gasteiger partial charge on any atom is -0.481 e. The van der Waals surface area contributed by atoms with Crippen molar-refractivity contribution in [3.63, 3.8) is 0 Å². The van der Waals surface area contributed by atoms with Crippen LogP contribution in [0.3, 0.4) is 0 Å². The zero-order valence-electron chi connectivity index (χ0n) is 9.42. The van der Waals surface area contributed by atoms with Gasteiger partial charge in [0.15, 0.2) is 0 Å². The monoisotopic (exact) mass is 288 g/mol. The molecule has 2 N–H and O–H groups in total. The van der Waals surface area contributed by atoms with Crippen LogP contribution in [0, 0.1) is 11.3 Å². The predicted octanol–water partition coefficient (Wildman–Crippen LogP) is 0.957. The number of thiophene rings is 1. The van der Waals surface area contributed by atoms with Gasteiger partial charge in [-0.15, -0.1) is 11.3 Å². The van der Waals surface area contributed by atoms with Crippen LogP contribution in [0.1, 0.15) is 17.7 Å². The third-order valence-electron chi connectivity index (χ3n) is 1.98. The summed E-state index contributed by atoms with van der Waals surface area (Å²) in [6.45, 7) is 0.196. The molecule has 0 saturated heterocycles. The highest BCUT2D eigenvalue weighted by molar-refractivity contribution is 7.91. The van der Waals surface area contributed by atoms with Crippen molar-refractivity contribution in [1.82, 2.24) is 4.72 Å². The van der Waals surface area contributed by atoms with Gasteiger partial charge in [-0.3, -0.25) is 4.79 Å². The highest BCUT2D eigenvalue weighted by Crippen LogP contribution is 2.21. The van der Waals surface area contributed by atoms with Gasteiger partial charge in [0.25, 0.3) is 0 Å². The fourth-order valence-corrected chi connectivity index (χ4v) is 3.66. The van der Waals surface area contributed by atoms with Gasteiger partial charge in [0.05, 0.1) is 12.5 Å². The number of rotatable bonds is 7. The molecule has 0 atom stereocenters. The van der Waals surface area contributed by atoms with E-state index < -0.39 is 16.0 Å². The Morgan fingerprint density at radius 1 is 1.50 bits per heavy atom. The lowest BCUT2D eigenvalue weighted by Gasteiger charge is -2.02. The Kier molecular flexibility index (Phi) is 5.27. The summed E-state index contributed by atoms with van der Waals surface area (Å²) < 4.78 is 26.0. The van der Waals surface area contributed by atoms with Crippen molar-refractivity contribution in [3.8, 4) is 6.07 Å². The highest BCUT2D eigenvalue weighted by atomic mass is 32.2. The lowest BCUT2D eigenvalue weighted by molar-refractivity contribution is -0.136. The Morgan fingerprint density at radius 2 is 2.22 bits per heavy atom. The van der Waals surface area contributed by atoms with Gasteiger partial charge in [-0.2, -0.15) is 5.26 Å². The van der Waals surface area contributed by atoms with Crippen molar-refractivity contribution in [2.75, 3.05) is 6.54 Å². The van der Waals surface area contributed by atoms with Gasteiger partial charge in [0, 0.05) is 17.8 Å². The molecule has 18 heavy (non-hydrogen) atoms. The zero-order valence-corrected chi connectivity index (χ0v) is 11.1. The largest absolute Gasteiger partial charge is 0.481 e. The summed E-state index contributed by atoms with van der Waals surface area (Å²) in [4.78, 5) is 11.0. The van der Waals surface area contributed by atoms with Crippen LogP contribution >= 0.6 is 11.3 Å². The van der Waals surface area contributed by atoms with Crippen LogP contribution in [0.2, 0.25) is 0 Å². The highest BCUT2D eigenvalue weighted by Gasteiger charge is 2.16. The molecule has 1 heterocycles.